The van der Waals surface area contributed by atoms with Crippen LogP contribution in [0.5, 0.6) is 0 Å². The van der Waals surface area contributed by atoms with Gasteiger partial charge in [0.15, 0.2) is 5.79 Å². The number of rotatable bonds is 1. The molecule has 2 amide bonds. The van der Waals surface area contributed by atoms with E-state index in [2.05, 4.69) is 5.32 Å². The lowest BCUT2D eigenvalue weighted by Crippen LogP contribution is -2.52. The largest absolute Gasteiger partial charge is 0.347 e. The van der Waals surface area contributed by atoms with Gasteiger partial charge in [0, 0.05) is 32.0 Å². The third-order valence-corrected chi connectivity index (χ3v) is 4.81. The Hall–Kier alpha value is -0.810. The van der Waals surface area contributed by atoms with Gasteiger partial charge < -0.3 is 19.7 Å². The maximum absolute atomic E-state index is 12.3. The monoisotopic (exact) mass is 282 g/mol. The molecule has 3 aliphatic rings. The highest BCUT2D eigenvalue weighted by atomic mass is 16.7. The molecule has 1 aliphatic carbocycles. The van der Waals surface area contributed by atoms with Crippen molar-refractivity contribution in [2.75, 3.05) is 26.3 Å². The van der Waals surface area contributed by atoms with Gasteiger partial charge in [-0.2, -0.15) is 0 Å². The molecule has 0 unspecified atom stereocenters. The second-order valence-corrected chi connectivity index (χ2v) is 6.23. The summed E-state index contributed by atoms with van der Waals surface area (Å²) < 4.78 is 11.4. The van der Waals surface area contributed by atoms with E-state index >= 15 is 0 Å². The summed E-state index contributed by atoms with van der Waals surface area (Å²) in [7, 11) is 0. The first kappa shape index (κ1) is 14.1. The fraction of sp³-hybridized carbons (Fsp3) is 0.933. The third kappa shape index (κ3) is 3.26. The van der Waals surface area contributed by atoms with E-state index in [-0.39, 0.29) is 11.8 Å². The molecular weight excluding hydrogens is 256 g/mol. The highest BCUT2D eigenvalue weighted by Gasteiger charge is 2.40. The van der Waals surface area contributed by atoms with Crippen LogP contribution in [0.2, 0.25) is 0 Å². The molecule has 0 bridgehead atoms. The minimum absolute atomic E-state index is 0.102. The van der Waals surface area contributed by atoms with Gasteiger partial charge in [0.05, 0.1) is 13.2 Å². The van der Waals surface area contributed by atoms with Crippen molar-refractivity contribution in [1.82, 2.24) is 10.2 Å². The minimum atomic E-state index is -0.390. The molecule has 2 heterocycles. The zero-order valence-electron chi connectivity index (χ0n) is 12.2. The zero-order chi connectivity index (χ0) is 13.8. The molecule has 0 aromatic rings. The lowest BCUT2D eigenvalue weighted by molar-refractivity contribution is -0.181. The highest BCUT2D eigenvalue weighted by Crippen LogP contribution is 2.31. The molecule has 0 radical (unpaired) electrons. The van der Waals surface area contributed by atoms with Crippen LogP contribution in [0.1, 0.15) is 51.4 Å². The van der Waals surface area contributed by atoms with E-state index in [1.807, 2.05) is 4.90 Å². The Morgan fingerprint density at radius 2 is 1.60 bits per heavy atom. The van der Waals surface area contributed by atoms with Crippen LogP contribution in [0.3, 0.4) is 0 Å². The van der Waals surface area contributed by atoms with Crippen LogP contribution < -0.4 is 5.32 Å². The summed E-state index contributed by atoms with van der Waals surface area (Å²) in [5.74, 6) is -0.390. The molecule has 0 atom stereocenters. The summed E-state index contributed by atoms with van der Waals surface area (Å²) >= 11 is 0. The van der Waals surface area contributed by atoms with Crippen molar-refractivity contribution in [2.45, 2.75) is 63.2 Å². The van der Waals surface area contributed by atoms with Crippen LogP contribution in [0.4, 0.5) is 4.79 Å². The number of carbonyl (C=O) groups excluding carboxylic acids is 1. The summed E-state index contributed by atoms with van der Waals surface area (Å²) in [5, 5.41) is 3.21. The number of nitrogens with zero attached hydrogens (tertiary/aromatic N) is 1. The molecule has 3 rings (SSSR count). The van der Waals surface area contributed by atoms with E-state index in [4.69, 9.17) is 9.47 Å². The number of urea groups is 1. The summed E-state index contributed by atoms with van der Waals surface area (Å²) in [6.07, 6.45) is 8.98. The van der Waals surface area contributed by atoms with Crippen LogP contribution >= 0.6 is 0 Å². The van der Waals surface area contributed by atoms with Crippen molar-refractivity contribution >= 4 is 6.03 Å². The molecule has 1 saturated carbocycles. The van der Waals surface area contributed by atoms with Gasteiger partial charge >= 0.3 is 6.03 Å². The minimum Gasteiger partial charge on any atom is -0.347 e. The van der Waals surface area contributed by atoms with Crippen LogP contribution in [0.25, 0.3) is 0 Å². The first-order valence-corrected chi connectivity index (χ1v) is 8.11. The fourth-order valence-corrected chi connectivity index (χ4v) is 3.53. The van der Waals surface area contributed by atoms with E-state index in [0.717, 1.165) is 38.8 Å². The average molecular weight is 282 g/mol. The van der Waals surface area contributed by atoms with Gasteiger partial charge in [0.25, 0.3) is 0 Å². The van der Waals surface area contributed by atoms with Crippen LogP contribution in [-0.2, 0) is 9.47 Å². The van der Waals surface area contributed by atoms with Crippen LogP contribution in [-0.4, -0.2) is 49.1 Å². The van der Waals surface area contributed by atoms with Gasteiger partial charge in [-0.05, 0) is 12.8 Å². The SMILES string of the molecule is O=C(NC1CCCCCC1)N1CCC2(CC1)OCCO2. The second kappa shape index (κ2) is 6.31. The van der Waals surface area contributed by atoms with Crippen molar-refractivity contribution in [2.24, 2.45) is 0 Å². The van der Waals surface area contributed by atoms with Gasteiger partial charge in [-0.3, -0.25) is 0 Å². The summed E-state index contributed by atoms with van der Waals surface area (Å²) in [6, 6.07) is 0.476. The van der Waals surface area contributed by atoms with Crippen molar-refractivity contribution in [3.8, 4) is 0 Å². The van der Waals surface area contributed by atoms with Crippen molar-refractivity contribution in [3.05, 3.63) is 0 Å². The number of hydrogen-bond acceptors (Lipinski definition) is 3. The predicted octanol–water partition coefficient (Wildman–Crippen LogP) is 2.26. The summed E-state index contributed by atoms with van der Waals surface area (Å²) in [6.45, 7) is 2.85. The molecule has 3 fully saturated rings. The normalized spacial score (nSPS) is 27.5. The maximum Gasteiger partial charge on any atom is 0.317 e. The molecular formula is C15H26N2O3. The molecule has 2 saturated heterocycles. The number of hydrogen-bond donors (Lipinski definition) is 1. The van der Waals surface area contributed by atoms with E-state index in [1.165, 1.54) is 25.7 Å². The fourth-order valence-electron chi connectivity index (χ4n) is 3.53. The lowest BCUT2D eigenvalue weighted by Gasteiger charge is -2.38. The smallest absolute Gasteiger partial charge is 0.317 e. The Kier molecular flexibility index (Phi) is 4.46. The molecule has 5 heteroatoms. The number of ether oxygens (including phenoxy) is 2. The Morgan fingerprint density at radius 1 is 1.00 bits per heavy atom. The number of carbonyl (C=O) groups is 1. The van der Waals surface area contributed by atoms with E-state index in [1.54, 1.807) is 0 Å². The van der Waals surface area contributed by atoms with Gasteiger partial charge in [-0.1, -0.05) is 25.7 Å². The molecule has 5 nitrogen and oxygen atoms in total. The average Bonchev–Trinajstić information content (AvgIpc) is 2.75. The number of amides is 2. The van der Waals surface area contributed by atoms with Crippen LogP contribution in [0.15, 0.2) is 0 Å². The number of nitrogens with one attached hydrogen (secondary N) is 1. The first-order chi connectivity index (χ1) is 9.77. The Balaban J connectivity index is 1.46. The molecule has 1 N–H and O–H groups in total. The molecule has 114 valence electrons. The predicted molar refractivity (Wildman–Crippen MR) is 75.5 cm³/mol. The molecule has 0 aromatic carbocycles. The molecule has 20 heavy (non-hydrogen) atoms. The van der Waals surface area contributed by atoms with E-state index in [9.17, 15) is 4.79 Å². The third-order valence-electron chi connectivity index (χ3n) is 4.81. The summed E-state index contributed by atoms with van der Waals surface area (Å²) in [4.78, 5) is 14.2. The molecule has 1 spiro atoms. The van der Waals surface area contributed by atoms with Gasteiger partial charge in [0.2, 0.25) is 0 Å². The Labute approximate surface area is 121 Å². The standard InChI is InChI=1S/C15H26N2O3/c18-14(16-13-5-3-1-2-4-6-13)17-9-7-15(8-10-17)19-11-12-20-15/h13H,1-12H2,(H,16,18). The van der Waals surface area contributed by atoms with Crippen molar-refractivity contribution in [3.63, 3.8) is 0 Å². The molecule has 2 aliphatic heterocycles. The quantitative estimate of drug-likeness (QED) is 0.751. The van der Waals surface area contributed by atoms with Gasteiger partial charge in [0.1, 0.15) is 0 Å². The Morgan fingerprint density at radius 3 is 2.20 bits per heavy atom. The number of likely N-dealkylation sites (tertiary alicyclic amines) is 1. The molecule has 0 aromatic heterocycles. The van der Waals surface area contributed by atoms with Gasteiger partial charge in [-0.25, -0.2) is 4.79 Å². The van der Waals surface area contributed by atoms with Crippen LogP contribution in [0, 0.1) is 0 Å². The zero-order valence-corrected chi connectivity index (χ0v) is 12.2. The van der Waals surface area contributed by atoms with Gasteiger partial charge in [-0.15, -0.1) is 0 Å². The second-order valence-electron chi connectivity index (χ2n) is 6.23. The summed E-state index contributed by atoms with van der Waals surface area (Å²) in [5.41, 5.74) is 0. The maximum atomic E-state index is 12.3. The lowest BCUT2D eigenvalue weighted by atomic mass is 10.0. The van der Waals surface area contributed by atoms with Crippen molar-refractivity contribution < 1.29 is 14.3 Å². The Bertz CT molecular complexity index is 324. The topological polar surface area (TPSA) is 50.8 Å². The van der Waals surface area contributed by atoms with E-state index in [0.29, 0.717) is 19.3 Å². The first-order valence-electron chi connectivity index (χ1n) is 8.11. The number of piperidine rings is 1. The van der Waals surface area contributed by atoms with Crippen molar-refractivity contribution in [1.29, 1.82) is 0 Å². The van der Waals surface area contributed by atoms with E-state index < -0.39 is 0 Å². The highest BCUT2D eigenvalue weighted by molar-refractivity contribution is 5.74.